The van der Waals surface area contributed by atoms with Crippen molar-refractivity contribution in [3.63, 3.8) is 0 Å². The molecule has 0 aliphatic rings. The molecule has 2 atom stereocenters. The van der Waals surface area contributed by atoms with Gasteiger partial charge in [0, 0.05) is 17.5 Å². The molecule has 0 fully saturated rings. The first-order chi connectivity index (χ1) is 17.4. The van der Waals surface area contributed by atoms with Crippen molar-refractivity contribution < 1.29 is 24.9 Å². The molecule has 1 heterocycles. The number of rotatable bonds is 11. The minimum atomic E-state index is -1.03. The van der Waals surface area contributed by atoms with E-state index in [1.54, 1.807) is 19.2 Å². The van der Waals surface area contributed by atoms with Crippen LogP contribution in [0, 0.1) is 0 Å². The topological polar surface area (TPSA) is 99.9 Å². The van der Waals surface area contributed by atoms with Crippen molar-refractivity contribution in [2.45, 2.75) is 44.3 Å². The molecule has 1 aromatic heterocycles. The van der Waals surface area contributed by atoms with Crippen LogP contribution in [0.4, 0.5) is 0 Å². The molecule has 0 bridgehead atoms. The molecular weight excluding hydrogens is 454 g/mol. The smallest absolute Gasteiger partial charge is 0.335 e. The third-order valence-electron chi connectivity index (χ3n) is 6.43. The van der Waals surface area contributed by atoms with Crippen LogP contribution in [0.15, 0.2) is 78.9 Å². The Labute approximate surface area is 210 Å². The van der Waals surface area contributed by atoms with Crippen molar-refractivity contribution in [3.8, 4) is 5.75 Å². The van der Waals surface area contributed by atoms with Gasteiger partial charge in [0.15, 0.2) is 0 Å². The molecule has 0 saturated heterocycles. The van der Waals surface area contributed by atoms with Crippen LogP contribution in [0.1, 0.15) is 64.2 Å². The van der Waals surface area contributed by atoms with E-state index < -0.39 is 18.2 Å². The van der Waals surface area contributed by atoms with Gasteiger partial charge in [-0.05, 0) is 72.4 Å². The normalized spacial score (nSPS) is 12.9. The highest BCUT2D eigenvalue weighted by atomic mass is 16.5. The molecule has 0 amide bonds. The highest BCUT2D eigenvalue weighted by molar-refractivity contribution is 5.87. The van der Waals surface area contributed by atoms with Gasteiger partial charge in [-0.2, -0.15) is 0 Å². The van der Waals surface area contributed by atoms with E-state index in [0.29, 0.717) is 17.7 Å². The van der Waals surface area contributed by atoms with Crippen LogP contribution in [0.3, 0.4) is 0 Å². The van der Waals surface area contributed by atoms with E-state index in [4.69, 9.17) is 9.72 Å². The summed E-state index contributed by atoms with van der Waals surface area (Å²) in [4.78, 5) is 15.9. The molecule has 186 valence electrons. The van der Waals surface area contributed by atoms with Crippen LogP contribution in [-0.2, 0) is 12.8 Å². The lowest BCUT2D eigenvalue weighted by molar-refractivity contribution is 0.0696. The minimum absolute atomic E-state index is 0.139. The Morgan fingerprint density at radius 1 is 0.889 bits per heavy atom. The molecule has 0 radical (unpaired) electrons. The summed E-state index contributed by atoms with van der Waals surface area (Å²) >= 11 is 0. The molecule has 4 aromatic rings. The fourth-order valence-electron chi connectivity index (χ4n) is 4.32. The number of nitrogens with zero attached hydrogens (tertiary/aromatic N) is 1. The minimum Gasteiger partial charge on any atom is -0.497 e. The van der Waals surface area contributed by atoms with Gasteiger partial charge in [-0.15, -0.1) is 0 Å². The number of hydrogen-bond acceptors (Lipinski definition) is 5. The summed E-state index contributed by atoms with van der Waals surface area (Å²) in [6.45, 7) is 0. The summed E-state index contributed by atoms with van der Waals surface area (Å²) in [5, 5.41) is 31.5. The molecule has 6 nitrogen and oxygen atoms in total. The summed E-state index contributed by atoms with van der Waals surface area (Å²) in [6.07, 6.45) is 2.34. The Morgan fingerprint density at radius 3 is 2.39 bits per heavy atom. The number of hydrogen-bond donors (Lipinski definition) is 3. The second-order valence-electron chi connectivity index (χ2n) is 9.01. The maximum atomic E-state index is 11.2. The lowest BCUT2D eigenvalue weighted by atomic mass is 9.99. The van der Waals surface area contributed by atoms with Crippen LogP contribution < -0.4 is 4.74 Å². The third-order valence-corrected chi connectivity index (χ3v) is 6.43. The van der Waals surface area contributed by atoms with Gasteiger partial charge in [0.2, 0.25) is 0 Å². The zero-order valence-corrected chi connectivity index (χ0v) is 20.3. The summed E-state index contributed by atoms with van der Waals surface area (Å²) in [7, 11) is 1.66. The number of carboxylic acids is 1. The number of carbonyl (C=O) groups is 1. The summed E-state index contributed by atoms with van der Waals surface area (Å²) in [5.74, 6) is -0.177. The predicted octanol–water partition coefficient (Wildman–Crippen LogP) is 5.66. The average Bonchev–Trinajstić information content (AvgIpc) is 2.91. The number of ether oxygens (including phenoxy) is 1. The maximum Gasteiger partial charge on any atom is 0.335 e. The molecular formula is C30H31NO5. The maximum absolute atomic E-state index is 11.2. The molecule has 36 heavy (non-hydrogen) atoms. The predicted molar refractivity (Wildman–Crippen MR) is 139 cm³/mol. The van der Waals surface area contributed by atoms with Gasteiger partial charge < -0.3 is 20.1 Å². The molecule has 3 aromatic carbocycles. The van der Waals surface area contributed by atoms with Gasteiger partial charge in [0.25, 0.3) is 0 Å². The Bertz CT molecular complexity index is 1320. The number of unbranched alkanes of at least 4 members (excludes halogenated alkanes) is 1. The third kappa shape index (κ3) is 6.47. The van der Waals surface area contributed by atoms with Crippen molar-refractivity contribution in [2.75, 3.05) is 7.11 Å². The number of carboxylic acid groups (broad SMARTS) is 1. The van der Waals surface area contributed by atoms with Crippen molar-refractivity contribution in [2.24, 2.45) is 0 Å². The largest absolute Gasteiger partial charge is 0.497 e. The summed E-state index contributed by atoms with van der Waals surface area (Å²) in [6, 6.07) is 24.0. The Balaban J connectivity index is 1.36. The monoisotopic (exact) mass is 485 g/mol. The number of aliphatic hydroxyl groups is 2. The van der Waals surface area contributed by atoms with E-state index in [9.17, 15) is 20.1 Å². The molecule has 3 N–H and O–H groups in total. The lowest BCUT2D eigenvalue weighted by Gasteiger charge is -2.14. The highest BCUT2D eigenvalue weighted by Crippen LogP contribution is 2.25. The SMILES string of the molecule is COc1ccc(CCCCC(O)c2ccc3ccc(CC(O)c4cccc(C(=O)O)c4)nc3c2)cc1. The molecule has 2 unspecified atom stereocenters. The molecule has 0 spiro atoms. The van der Waals surface area contributed by atoms with E-state index in [1.807, 2.05) is 42.5 Å². The summed E-state index contributed by atoms with van der Waals surface area (Å²) < 4.78 is 5.19. The van der Waals surface area contributed by atoms with Gasteiger partial charge >= 0.3 is 5.97 Å². The number of aromatic carboxylic acids is 1. The van der Waals surface area contributed by atoms with E-state index >= 15 is 0 Å². The van der Waals surface area contributed by atoms with Crippen LogP contribution >= 0.6 is 0 Å². The van der Waals surface area contributed by atoms with Gasteiger partial charge in [0.05, 0.1) is 30.4 Å². The van der Waals surface area contributed by atoms with Crippen molar-refractivity contribution in [1.82, 2.24) is 4.98 Å². The Morgan fingerprint density at radius 2 is 1.64 bits per heavy atom. The van der Waals surface area contributed by atoms with E-state index in [1.165, 1.54) is 17.7 Å². The Kier molecular flexibility index (Phi) is 8.31. The van der Waals surface area contributed by atoms with Crippen LogP contribution in [0.5, 0.6) is 5.75 Å². The number of methoxy groups -OCH3 is 1. The van der Waals surface area contributed by atoms with Crippen molar-refractivity contribution in [3.05, 3.63) is 107 Å². The first-order valence-corrected chi connectivity index (χ1v) is 12.1. The first kappa shape index (κ1) is 25.4. The molecule has 0 aliphatic heterocycles. The standard InChI is InChI=1S/C30H31NO5/c1-36-26-15-9-20(10-16-26)5-2-3-8-28(32)23-12-11-21-13-14-25(31-27(21)18-23)19-29(33)22-6-4-7-24(17-22)30(34)35/h4,6-7,9-18,28-29,32-33H,2-3,5,8,19H2,1H3,(H,34,35). The zero-order valence-electron chi connectivity index (χ0n) is 20.3. The van der Waals surface area contributed by atoms with E-state index in [-0.39, 0.29) is 12.0 Å². The van der Waals surface area contributed by atoms with Crippen LogP contribution in [0.2, 0.25) is 0 Å². The molecule has 0 aliphatic carbocycles. The zero-order chi connectivity index (χ0) is 25.5. The number of aromatic nitrogens is 1. The van der Waals surface area contributed by atoms with Crippen LogP contribution in [0.25, 0.3) is 10.9 Å². The molecule has 6 heteroatoms. The second kappa shape index (κ2) is 11.8. The number of aliphatic hydroxyl groups excluding tert-OH is 2. The second-order valence-corrected chi connectivity index (χ2v) is 9.01. The number of pyridine rings is 1. The van der Waals surface area contributed by atoms with E-state index in [0.717, 1.165) is 41.5 Å². The fourth-order valence-corrected chi connectivity index (χ4v) is 4.32. The lowest BCUT2D eigenvalue weighted by Crippen LogP contribution is -2.06. The summed E-state index contributed by atoms with van der Waals surface area (Å²) in [5.41, 5.74) is 4.21. The Hall–Kier alpha value is -3.74. The van der Waals surface area contributed by atoms with Crippen molar-refractivity contribution in [1.29, 1.82) is 0 Å². The quantitative estimate of drug-likeness (QED) is 0.237. The van der Waals surface area contributed by atoms with Gasteiger partial charge in [0.1, 0.15) is 5.75 Å². The first-order valence-electron chi connectivity index (χ1n) is 12.1. The van der Waals surface area contributed by atoms with Gasteiger partial charge in [-0.25, -0.2) is 4.79 Å². The van der Waals surface area contributed by atoms with Gasteiger partial charge in [-0.3, -0.25) is 4.98 Å². The highest BCUT2D eigenvalue weighted by Gasteiger charge is 2.14. The average molecular weight is 486 g/mol. The number of aryl methyl sites for hydroxylation is 1. The number of benzene rings is 3. The fraction of sp³-hybridized carbons (Fsp3) is 0.267. The molecule has 4 rings (SSSR count). The van der Waals surface area contributed by atoms with E-state index in [2.05, 4.69) is 12.1 Å². The van der Waals surface area contributed by atoms with Gasteiger partial charge in [-0.1, -0.05) is 48.9 Å². The van der Waals surface area contributed by atoms with Crippen LogP contribution in [-0.4, -0.2) is 33.4 Å². The molecule has 0 saturated carbocycles. The number of fused-ring (bicyclic) bond motifs is 1. The van der Waals surface area contributed by atoms with Crippen molar-refractivity contribution >= 4 is 16.9 Å².